The van der Waals surface area contributed by atoms with Crippen LogP contribution in [0.15, 0.2) is 18.7 Å². The molecule has 2 N–H and O–H groups in total. The topological polar surface area (TPSA) is 79.6 Å². The summed E-state index contributed by atoms with van der Waals surface area (Å²) in [7, 11) is 0. The van der Waals surface area contributed by atoms with Gasteiger partial charge in [-0.2, -0.15) is 0 Å². The Kier molecular flexibility index (Phi) is 6.23. The summed E-state index contributed by atoms with van der Waals surface area (Å²) in [6, 6.07) is 0.00578. The first-order chi connectivity index (χ1) is 11.7. The summed E-state index contributed by atoms with van der Waals surface area (Å²) >= 11 is 0. The third-order valence-corrected chi connectivity index (χ3v) is 5.06. The van der Waals surface area contributed by atoms with Crippen LogP contribution in [0.5, 0.6) is 0 Å². The second-order valence-electron chi connectivity index (χ2n) is 6.72. The van der Waals surface area contributed by atoms with Gasteiger partial charge in [-0.25, -0.2) is 4.98 Å². The largest absolute Gasteiger partial charge is 0.389 e. The van der Waals surface area contributed by atoms with Gasteiger partial charge in [-0.15, -0.1) is 0 Å². The molecule has 2 fully saturated rings. The number of amides is 1. The standard InChI is InChI=1S/C17H28N4O3/c22-16(5-2-7-20-8-6-18-13-20)19-14-3-1-4-15(17(14)23)21-9-11-24-12-10-21/h6,8,13-15,17,23H,1-5,7,9-12H2,(H,19,22)/t14-,15-,17-/m1/s1. The number of aliphatic hydroxyl groups is 1. The number of hydrogen-bond acceptors (Lipinski definition) is 5. The maximum absolute atomic E-state index is 12.2. The van der Waals surface area contributed by atoms with Gasteiger partial charge in [0.1, 0.15) is 0 Å². The second-order valence-corrected chi connectivity index (χ2v) is 6.72. The number of hydrogen-bond donors (Lipinski definition) is 2. The molecule has 0 aromatic carbocycles. The fourth-order valence-electron chi connectivity index (χ4n) is 3.74. The number of aryl methyl sites for hydroxylation is 1. The van der Waals surface area contributed by atoms with E-state index in [9.17, 15) is 9.90 Å². The number of imidazole rings is 1. The molecule has 1 aromatic heterocycles. The summed E-state index contributed by atoms with van der Waals surface area (Å²) in [6.45, 7) is 3.99. The van der Waals surface area contributed by atoms with E-state index in [2.05, 4.69) is 15.2 Å². The minimum absolute atomic E-state index is 0.0294. The monoisotopic (exact) mass is 336 g/mol. The summed E-state index contributed by atoms with van der Waals surface area (Å²) in [4.78, 5) is 18.5. The lowest BCUT2D eigenvalue weighted by atomic mass is 9.86. The molecule has 0 radical (unpaired) electrons. The highest BCUT2D eigenvalue weighted by Gasteiger charge is 2.36. The van der Waals surface area contributed by atoms with Crippen LogP contribution in [0.1, 0.15) is 32.1 Å². The molecule has 7 nitrogen and oxygen atoms in total. The van der Waals surface area contributed by atoms with E-state index in [-0.39, 0.29) is 18.0 Å². The van der Waals surface area contributed by atoms with Crippen LogP contribution >= 0.6 is 0 Å². The van der Waals surface area contributed by atoms with Crippen LogP contribution in [0.4, 0.5) is 0 Å². The lowest BCUT2D eigenvalue weighted by Crippen LogP contribution is -2.58. The Balaban J connectivity index is 1.44. The van der Waals surface area contributed by atoms with E-state index in [0.717, 1.165) is 58.5 Å². The molecule has 7 heteroatoms. The Morgan fingerprint density at radius 1 is 1.33 bits per heavy atom. The Bertz CT molecular complexity index is 502. The number of nitrogens with zero attached hydrogens (tertiary/aromatic N) is 3. The number of rotatable bonds is 6. The first-order valence-corrected chi connectivity index (χ1v) is 8.99. The van der Waals surface area contributed by atoms with Crippen molar-refractivity contribution in [1.29, 1.82) is 0 Å². The van der Waals surface area contributed by atoms with Crippen LogP contribution in [0.3, 0.4) is 0 Å². The van der Waals surface area contributed by atoms with Crippen molar-refractivity contribution in [2.75, 3.05) is 26.3 Å². The molecule has 1 aliphatic heterocycles. The maximum atomic E-state index is 12.2. The molecule has 2 aliphatic rings. The predicted molar refractivity (Wildman–Crippen MR) is 89.4 cm³/mol. The highest BCUT2D eigenvalue weighted by molar-refractivity contribution is 5.76. The molecule has 0 spiro atoms. The molecule has 24 heavy (non-hydrogen) atoms. The van der Waals surface area contributed by atoms with Crippen molar-refractivity contribution in [3.63, 3.8) is 0 Å². The van der Waals surface area contributed by atoms with Gasteiger partial charge < -0.3 is 19.7 Å². The number of carbonyl (C=O) groups is 1. The predicted octanol–water partition coefficient (Wildman–Crippen LogP) is 0.394. The first-order valence-electron chi connectivity index (χ1n) is 8.99. The van der Waals surface area contributed by atoms with Gasteiger partial charge in [-0.1, -0.05) is 0 Å². The Labute approximate surface area is 143 Å². The molecule has 0 unspecified atom stereocenters. The summed E-state index contributed by atoms with van der Waals surface area (Å²) in [5.74, 6) is 0.0294. The van der Waals surface area contributed by atoms with Crippen LogP contribution in [0.25, 0.3) is 0 Å². The number of morpholine rings is 1. The van der Waals surface area contributed by atoms with Crippen molar-refractivity contribution in [2.24, 2.45) is 0 Å². The lowest BCUT2D eigenvalue weighted by Gasteiger charge is -2.43. The van der Waals surface area contributed by atoms with Crippen molar-refractivity contribution >= 4 is 5.91 Å². The Morgan fingerprint density at radius 3 is 2.92 bits per heavy atom. The van der Waals surface area contributed by atoms with Crippen molar-refractivity contribution in [3.05, 3.63) is 18.7 Å². The molecule has 2 heterocycles. The van der Waals surface area contributed by atoms with Crippen LogP contribution in [-0.4, -0.2) is 70.0 Å². The number of ether oxygens (including phenoxy) is 1. The summed E-state index contributed by atoms with van der Waals surface area (Å²) in [6.07, 6.45) is 9.05. The third kappa shape index (κ3) is 4.55. The van der Waals surface area contributed by atoms with E-state index in [1.807, 2.05) is 10.8 Å². The fourth-order valence-corrected chi connectivity index (χ4v) is 3.74. The zero-order chi connectivity index (χ0) is 16.8. The van der Waals surface area contributed by atoms with Crippen molar-refractivity contribution in [1.82, 2.24) is 19.8 Å². The molecule has 134 valence electrons. The van der Waals surface area contributed by atoms with E-state index in [0.29, 0.717) is 6.42 Å². The molecule has 1 amide bonds. The second kappa shape index (κ2) is 8.60. The van der Waals surface area contributed by atoms with Gasteiger partial charge in [-0.3, -0.25) is 9.69 Å². The molecule has 1 saturated heterocycles. The summed E-state index contributed by atoms with van der Waals surface area (Å²) < 4.78 is 7.36. The smallest absolute Gasteiger partial charge is 0.220 e. The van der Waals surface area contributed by atoms with Gasteiger partial charge in [0.15, 0.2) is 0 Å². The van der Waals surface area contributed by atoms with Crippen molar-refractivity contribution in [3.8, 4) is 0 Å². The number of aliphatic hydroxyl groups excluding tert-OH is 1. The van der Waals surface area contributed by atoms with Gasteiger partial charge in [0.25, 0.3) is 0 Å². The quantitative estimate of drug-likeness (QED) is 0.786. The van der Waals surface area contributed by atoms with Crippen LogP contribution < -0.4 is 5.32 Å². The van der Waals surface area contributed by atoms with Gasteiger partial charge in [-0.05, 0) is 25.7 Å². The molecule has 1 saturated carbocycles. The molecule has 3 atom stereocenters. The van der Waals surface area contributed by atoms with E-state index in [4.69, 9.17) is 4.74 Å². The minimum Gasteiger partial charge on any atom is -0.389 e. The average molecular weight is 336 g/mol. The molecule has 1 aliphatic carbocycles. The average Bonchev–Trinajstić information content (AvgIpc) is 3.11. The molecule has 1 aromatic rings. The lowest BCUT2D eigenvalue weighted by molar-refractivity contribution is -0.124. The van der Waals surface area contributed by atoms with E-state index in [1.165, 1.54) is 0 Å². The number of aromatic nitrogens is 2. The zero-order valence-corrected chi connectivity index (χ0v) is 14.1. The number of nitrogens with one attached hydrogen (secondary N) is 1. The summed E-state index contributed by atoms with van der Waals surface area (Å²) in [5, 5.41) is 13.7. The highest BCUT2D eigenvalue weighted by atomic mass is 16.5. The third-order valence-electron chi connectivity index (χ3n) is 5.06. The van der Waals surface area contributed by atoms with E-state index < -0.39 is 6.10 Å². The highest BCUT2D eigenvalue weighted by Crippen LogP contribution is 2.24. The van der Waals surface area contributed by atoms with Gasteiger partial charge in [0.2, 0.25) is 5.91 Å². The molecule has 3 rings (SSSR count). The SMILES string of the molecule is O=C(CCCn1ccnc1)N[C@@H]1CCC[C@@H](N2CCOCC2)[C@@H]1O. The number of carbonyl (C=O) groups excluding carboxylic acids is 1. The normalized spacial score (nSPS) is 28.6. The van der Waals surface area contributed by atoms with Crippen molar-refractivity contribution < 1.29 is 14.6 Å². The van der Waals surface area contributed by atoms with Gasteiger partial charge >= 0.3 is 0 Å². The van der Waals surface area contributed by atoms with E-state index >= 15 is 0 Å². The van der Waals surface area contributed by atoms with Gasteiger partial charge in [0.05, 0.1) is 31.7 Å². The Morgan fingerprint density at radius 2 is 2.17 bits per heavy atom. The minimum atomic E-state index is -0.491. The zero-order valence-electron chi connectivity index (χ0n) is 14.1. The molecular formula is C17H28N4O3. The summed E-state index contributed by atoms with van der Waals surface area (Å²) in [5.41, 5.74) is 0. The van der Waals surface area contributed by atoms with Crippen molar-refractivity contribution in [2.45, 2.75) is 56.8 Å². The Hall–Kier alpha value is -1.44. The van der Waals surface area contributed by atoms with Crippen LogP contribution in [0, 0.1) is 0 Å². The molecule has 0 bridgehead atoms. The van der Waals surface area contributed by atoms with Gasteiger partial charge in [0, 0.05) is 44.5 Å². The first kappa shape index (κ1) is 17.4. The fraction of sp³-hybridized carbons (Fsp3) is 0.765. The van der Waals surface area contributed by atoms with E-state index in [1.54, 1.807) is 12.5 Å². The maximum Gasteiger partial charge on any atom is 0.220 e. The van der Waals surface area contributed by atoms with Crippen LogP contribution in [-0.2, 0) is 16.1 Å². The molecular weight excluding hydrogens is 308 g/mol. The van der Waals surface area contributed by atoms with Crippen LogP contribution in [0.2, 0.25) is 0 Å².